The molecule has 3 aliphatic rings. The lowest BCUT2D eigenvalue weighted by atomic mass is 9.82. The van der Waals surface area contributed by atoms with Crippen LogP contribution < -0.4 is 5.73 Å². The number of carbonyl (C=O) groups excluding carboxylic acids is 1. The first-order chi connectivity index (χ1) is 14.6. The molecule has 172 valence electrons. The zero-order valence-electron chi connectivity index (χ0n) is 17.4. The highest BCUT2D eigenvalue weighted by atomic mass is 32.2. The minimum Gasteiger partial charge on any atom is -0.337 e. The zero-order valence-corrected chi connectivity index (χ0v) is 18.2. The van der Waals surface area contributed by atoms with Crippen molar-refractivity contribution in [3.63, 3.8) is 0 Å². The Bertz CT molecular complexity index is 938. The van der Waals surface area contributed by atoms with E-state index in [1.165, 1.54) is 0 Å². The van der Waals surface area contributed by atoms with Gasteiger partial charge in [-0.15, -0.1) is 0 Å². The normalized spacial score (nSPS) is 26.8. The van der Waals surface area contributed by atoms with Crippen molar-refractivity contribution in [2.45, 2.75) is 69.5 Å². The largest absolute Gasteiger partial charge is 0.337 e. The molecule has 2 heterocycles. The zero-order chi connectivity index (χ0) is 22.3. The maximum absolute atomic E-state index is 14.0. The molecule has 3 atom stereocenters. The summed E-state index contributed by atoms with van der Waals surface area (Å²) in [4.78, 5) is 14.6. The van der Waals surface area contributed by atoms with Crippen LogP contribution in [0.5, 0.6) is 0 Å². The van der Waals surface area contributed by atoms with Crippen molar-refractivity contribution in [1.29, 1.82) is 0 Å². The molecule has 1 aliphatic carbocycles. The van der Waals surface area contributed by atoms with E-state index in [-0.39, 0.29) is 59.7 Å². The minimum atomic E-state index is -3.20. The fourth-order valence-electron chi connectivity index (χ4n) is 5.22. The number of halogens is 3. The van der Waals surface area contributed by atoms with Crippen molar-refractivity contribution in [2.75, 3.05) is 11.5 Å². The second kappa shape index (κ2) is 8.73. The van der Waals surface area contributed by atoms with Crippen LogP contribution in [0.1, 0.15) is 50.5 Å². The highest BCUT2D eigenvalue weighted by Crippen LogP contribution is 2.40. The van der Waals surface area contributed by atoms with Crippen molar-refractivity contribution in [3.05, 3.63) is 35.1 Å². The summed E-state index contributed by atoms with van der Waals surface area (Å²) in [6.45, 7) is 0. The molecule has 4 rings (SSSR count). The summed E-state index contributed by atoms with van der Waals surface area (Å²) in [6, 6.07) is 0.976. The number of nitrogens with zero attached hydrogens (tertiary/aromatic N) is 1. The average molecular weight is 459 g/mol. The lowest BCUT2D eigenvalue weighted by Crippen LogP contribution is -2.50. The van der Waals surface area contributed by atoms with Gasteiger partial charge in [0.25, 0.3) is 0 Å². The first kappa shape index (κ1) is 22.6. The Labute approximate surface area is 181 Å². The van der Waals surface area contributed by atoms with E-state index in [2.05, 4.69) is 0 Å². The molecule has 1 aromatic rings. The lowest BCUT2D eigenvalue weighted by molar-refractivity contribution is -0.136. The number of carbonyl (C=O) groups is 1. The third-order valence-corrected chi connectivity index (χ3v) is 8.83. The molecule has 3 fully saturated rings. The fraction of sp³-hybridized carbons (Fsp3) is 0.682. The molecular weight excluding hydrogens is 429 g/mol. The van der Waals surface area contributed by atoms with E-state index < -0.39 is 33.3 Å². The number of sulfone groups is 1. The Kier molecular flexibility index (Phi) is 6.36. The van der Waals surface area contributed by atoms with E-state index in [0.29, 0.717) is 18.9 Å². The van der Waals surface area contributed by atoms with Crippen molar-refractivity contribution in [1.82, 2.24) is 4.90 Å². The van der Waals surface area contributed by atoms with Gasteiger partial charge in [-0.3, -0.25) is 4.79 Å². The van der Waals surface area contributed by atoms with E-state index in [0.717, 1.165) is 31.7 Å². The molecule has 2 saturated heterocycles. The molecule has 1 amide bonds. The molecular formula is C22H29F3N2O3S. The number of hydrogen-bond acceptors (Lipinski definition) is 4. The Morgan fingerprint density at radius 2 is 1.65 bits per heavy atom. The number of nitrogens with two attached hydrogens (primary N) is 1. The summed E-state index contributed by atoms with van der Waals surface area (Å²) in [5.41, 5.74) is 6.37. The number of rotatable bonds is 8. The van der Waals surface area contributed by atoms with Crippen LogP contribution >= 0.6 is 0 Å². The highest BCUT2D eigenvalue weighted by molar-refractivity contribution is 7.91. The topological polar surface area (TPSA) is 80.5 Å². The molecule has 0 aromatic heterocycles. The second-order valence-corrected chi connectivity index (χ2v) is 11.7. The van der Waals surface area contributed by atoms with Crippen LogP contribution in [-0.2, 0) is 21.1 Å². The van der Waals surface area contributed by atoms with E-state index >= 15 is 0 Å². The van der Waals surface area contributed by atoms with Gasteiger partial charge in [0, 0.05) is 30.6 Å². The Balaban J connectivity index is 1.34. The first-order valence-corrected chi connectivity index (χ1v) is 12.9. The van der Waals surface area contributed by atoms with Gasteiger partial charge in [0.05, 0.1) is 11.5 Å². The summed E-state index contributed by atoms with van der Waals surface area (Å²) in [7, 11) is -3.20. The summed E-state index contributed by atoms with van der Waals surface area (Å²) >= 11 is 0. The van der Waals surface area contributed by atoms with Crippen molar-refractivity contribution >= 4 is 15.7 Å². The molecule has 1 saturated carbocycles. The van der Waals surface area contributed by atoms with Gasteiger partial charge in [-0.2, -0.15) is 0 Å². The maximum atomic E-state index is 14.0. The van der Waals surface area contributed by atoms with Gasteiger partial charge in [-0.05, 0) is 68.4 Å². The van der Waals surface area contributed by atoms with Crippen molar-refractivity contribution < 1.29 is 26.4 Å². The van der Waals surface area contributed by atoms with Crippen LogP contribution in [0.4, 0.5) is 13.2 Å². The second-order valence-electron chi connectivity index (χ2n) is 9.45. The van der Waals surface area contributed by atoms with E-state index in [9.17, 15) is 26.4 Å². The molecule has 2 aliphatic heterocycles. The quantitative estimate of drug-likeness (QED) is 0.608. The molecule has 2 N–H and O–H groups in total. The van der Waals surface area contributed by atoms with E-state index in [1.807, 2.05) is 4.90 Å². The van der Waals surface area contributed by atoms with Gasteiger partial charge < -0.3 is 10.6 Å². The van der Waals surface area contributed by atoms with Gasteiger partial charge >= 0.3 is 0 Å². The van der Waals surface area contributed by atoms with Gasteiger partial charge in [0.1, 0.15) is 5.82 Å². The Morgan fingerprint density at radius 3 is 2.26 bits per heavy atom. The number of benzene rings is 1. The van der Waals surface area contributed by atoms with Gasteiger partial charge in [-0.1, -0.05) is 0 Å². The third-order valence-electron chi connectivity index (χ3n) is 7.02. The van der Waals surface area contributed by atoms with Crippen molar-refractivity contribution in [2.24, 2.45) is 17.6 Å². The number of fused-ring (bicyclic) bond motifs is 2. The van der Waals surface area contributed by atoms with Crippen LogP contribution in [0.3, 0.4) is 0 Å². The molecule has 31 heavy (non-hydrogen) atoms. The highest BCUT2D eigenvalue weighted by Gasteiger charge is 2.44. The van der Waals surface area contributed by atoms with Crippen LogP contribution in [-0.4, -0.2) is 48.9 Å². The van der Waals surface area contributed by atoms with Crippen LogP contribution in [0, 0.1) is 29.3 Å². The smallest absolute Gasteiger partial charge is 0.224 e. The predicted molar refractivity (Wildman–Crippen MR) is 110 cm³/mol. The molecule has 1 aromatic carbocycles. The predicted octanol–water partition coefficient (Wildman–Crippen LogP) is 2.96. The Hall–Kier alpha value is -1.61. The fourth-order valence-corrected chi connectivity index (χ4v) is 6.92. The monoisotopic (exact) mass is 458 g/mol. The molecule has 0 spiro atoms. The number of amides is 1. The Morgan fingerprint density at radius 1 is 1.03 bits per heavy atom. The van der Waals surface area contributed by atoms with Crippen LogP contribution in [0.25, 0.3) is 0 Å². The first-order valence-electron chi connectivity index (χ1n) is 11.0. The van der Waals surface area contributed by atoms with Gasteiger partial charge in [0.2, 0.25) is 5.91 Å². The molecule has 9 heteroatoms. The minimum absolute atomic E-state index is 0.00300. The molecule has 2 unspecified atom stereocenters. The number of hydrogen-bond donors (Lipinski definition) is 1. The SMILES string of the molecule is N[C@H](Cc1cc(F)c(F)cc1F)C1CC2CCC(C1)N2C(=O)CCS(=O)(=O)CC1CC1. The average Bonchev–Trinajstić information content (AvgIpc) is 3.46. The van der Waals surface area contributed by atoms with Gasteiger partial charge in [0.15, 0.2) is 21.5 Å². The molecule has 0 radical (unpaired) electrons. The van der Waals surface area contributed by atoms with Gasteiger partial charge in [-0.25, -0.2) is 21.6 Å². The third kappa shape index (κ3) is 5.25. The molecule has 2 bridgehead atoms. The van der Waals surface area contributed by atoms with Crippen LogP contribution in [0.2, 0.25) is 0 Å². The summed E-state index contributed by atoms with van der Waals surface area (Å²) < 4.78 is 65.0. The summed E-state index contributed by atoms with van der Waals surface area (Å²) in [5.74, 6) is -2.86. The maximum Gasteiger partial charge on any atom is 0.224 e. The summed E-state index contributed by atoms with van der Waals surface area (Å²) in [5, 5.41) is 0. The van der Waals surface area contributed by atoms with E-state index in [1.54, 1.807) is 0 Å². The summed E-state index contributed by atoms with van der Waals surface area (Å²) in [6.07, 6.45) is 5.02. The van der Waals surface area contributed by atoms with E-state index in [4.69, 9.17) is 5.73 Å². The lowest BCUT2D eigenvalue weighted by Gasteiger charge is -2.41. The van der Waals surface area contributed by atoms with Crippen LogP contribution in [0.15, 0.2) is 12.1 Å². The standard InChI is InChI=1S/C22H29F3N2O3S/c23-18-11-20(25)19(24)9-14(18)10-21(26)15-7-16-3-4-17(8-15)27(16)22(28)5-6-31(29,30)12-13-1-2-13/h9,11,13,15-17,21H,1-8,10,12,26H2/t15?,16?,17?,21-/m1/s1. The number of piperidine rings is 1. The molecule has 5 nitrogen and oxygen atoms in total. The van der Waals surface area contributed by atoms with Crippen molar-refractivity contribution in [3.8, 4) is 0 Å².